The van der Waals surface area contributed by atoms with Gasteiger partial charge in [0.05, 0.1) is 0 Å². The zero-order valence-electron chi connectivity index (χ0n) is 9.24. The second-order valence-electron chi connectivity index (χ2n) is 3.11. The molecule has 0 aliphatic heterocycles. The smallest absolute Gasteiger partial charge is 0.320 e. The van der Waals surface area contributed by atoms with Gasteiger partial charge < -0.3 is 4.90 Å². The molecule has 0 atom stereocenters. The summed E-state index contributed by atoms with van der Waals surface area (Å²) >= 11 is 1.25. The number of rotatable bonds is 4. The molecular formula is C10H14FN3OS. The molecule has 0 bridgehead atoms. The standard InChI is InChI=1S/C10H14FN3OS/c1-3-14(10(15)13-16-2)7-8-4-5-9(11)12-6-8/h4-6H,3,7H2,1-2H3,(H,13,15). The average molecular weight is 243 g/mol. The number of aromatic nitrogens is 1. The minimum Gasteiger partial charge on any atom is -0.320 e. The fraction of sp³-hybridized carbons (Fsp3) is 0.400. The Balaban J connectivity index is 2.62. The van der Waals surface area contributed by atoms with Crippen LogP contribution >= 0.6 is 11.9 Å². The van der Waals surface area contributed by atoms with Gasteiger partial charge in [-0.15, -0.1) is 0 Å². The number of nitrogens with one attached hydrogen (secondary N) is 1. The van der Waals surface area contributed by atoms with Crippen LogP contribution in [0.15, 0.2) is 18.3 Å². The lowest BCUT2D eigenvalue weighted by Crippen LogP contribution is -2.36. The Bertz CT molecular complexity index is 344. The lowest BCUT2D eigenvalue weighted by Gasteiger charge is -2.20. The van der Waals surface area contributed by atoms with Gasteiger partial charge in [0.1, 0.15) is 0 Å². The van der Waals surface area contributed by atoms with Crippen LogP contribution in [-0.4, -0.2) is 28.7 Å². The van der Waals surface area contributed by atoms with E-state index in [2.05, 4.69) is 9.71 Å². The third kappa shape index (κ3) is 3.69. The van der Waals surface area contributed by atoms with Gasteiger partial charge in [-0.3, -0.25) is 4.72 Å². The third-order valence-electron chi connectivity index (χ3n) is 2.02. The molecule has 1 heterocycles. The lowest BCUT2D eigenvalue weighted by molar-refractivity contribution is 0.205. The largest absolute Gasteiger partial charge is 0.327 e. The monoisotopic (exact) mass is 243 g/mol. The number of pyridine rings is 1. The number of amides is 2. The third-order valence-corrected chi connectivity index (χ3v) is 2.40. The number of nitrogens with zero attached hydrogens (tertiary/aromatic N) is 2. The second-order valence-corrected chi connectivity index (χ2v) is 3.73. The fourth-order valence-corrected chi connectivity index (χ4v) is 1.50. The van der Waals surface area contributed by atoms with Crippen molar-refractivity contribution in [1.29, 1.82) is 0 Å². The summed E-state index contributed by atoms with van der Waals surface area (Å²) in [4.78, 5) is 16.7. The molecule has 0 spiro atoms. The van der Waals surface area contributed by atoms with E-state index < -0.39 is 5.95 Å². The van der Waals surface area contributed by atoms with E-state index in [0.29, 0.717) is 13.1 Å². The Morgan fingerprint density at radius 3 is 2.88 bits per heavy atom. The van der Waals surface area contributed by atoms with Crippen molar-refractivity contribution >= 4 is 18.0 Å². The molecule has 0 saturated heterocycles. The SMILES string of the molecule is CCN(Cc1ccc(F)nc1)C(=O)NSC. The zero-order chi connectivity index (χ0) is 12.0. The summed E-state index contributed by atoms with van der Waals surface area (Å²) in [5.74, 6) is -0.514. The Morgan fingerprint density at radius 2 is 2.38 bits per heavy atom. The van der Waals surface area contributed by atoms with Gasteiger partial charge >= 0.3 is 6.03 Å². The Kier molecular flexibility index (Phi) is 5.04. The second kappa shape index (κ2) is 6.32. The predicted octanol–water partition coefficient (Wildman–Crippen LogP) is 2.03. The minimum absolute atomic E-state index is 0.153. The maximum absolute atomic E-state index is 12.6. The molecule has 16 heavy (non-hydrogen) atoms. The molecule has 1 N–H and O–H groups in total. The first-order valence-corrected chi connectivity index (χ1v) is 6.08. The topological polar surface area (TPSA) is 45.2 Å². The van der Waals surface area contributed by atoms with Crippen LogP contribution in [0.4, 0.5) is 9.18 Å². The van der Waals surface area contributed by atoms with Gasteiger partial charge in [-0.2, -0.15) is 4.39 Å². The van der Waals surface area contributed by atoms with Crippen LogP contribution in [0, 0.1) is 5.95 Å². The molecule has 4 nitrogen and oxygen atoms in total. The first-order chi connectivity index (χ1) is 7.67. The van der Waals surface area contributed by atoms with E-state index in [-0.39, 0.29) is 6.03 Å². The summed E-state index contributed by atoms with van der Waals surface area (Å²) in [6.07, 6.45) is 3.22. The van der Waals surface area contributed by atoms with Gasteiger partial charge in [0.2, 0.25) is 5.95 Å². The summed E-state index contributed by atoms with van der Waals surface area (Å²) in [5.41, 5.74) is 0.805. The van der Waals surface area contributed by atoms with Crippen molar-refractivity contribution in [2.45, 2.75) is 13.5 Å². The molecule has 0 saturated carbocycles. The van der Waals surface area contributed by atoms with Crippen molar-refractivity contribution in [2.24, 2.45) is 0 Å². The fourth-order valence-electron chi connectivity index (χ4n) is 1.20. The van der Waals surface area contributed by atoms with E-state index in [1.54, 1.807) is 17.2 Å². The number of carbonyl (C=O) groups excluding carboxylic acids is 1. The minimum atomic E-state index is -0.514. The average Bonchev–Trinajstić information content (AvgIpc) is 2.28. The normalized spacial score (nSPS) is 9.94. The van der Waals surface area contributed by atoms with E-state index in [1.807, 2.05) is 6.92 Å². The van der Waals surface area contributed by atoms with Gasteiger partial charge in [-0.05, 0) is 18.6 Å². The highest BCUT2D eigenvalue weighted by molar-refractivity contribution is 7.97. The molecule has 0 aliphatic carbocycles. The first-order valence-electron chi connectivity index (χ1n) is 4.85. The van der Waals surface area contributed by atoms with E-state index in [4.69, 9.17) is 0 Å². The zero-order valence-corrected chi connectivity index (χ0v) is 10.1. The molecule has 0 aliphatic rings. The van der Waals surface area contributed by atoms with Crippen molar-refractivity contribution in [2.75, 3.05) is 12.8 Å². The highest BCUT2D eigenvalue weighted by Gasteiger charge is 2.11. The summed E-state index contributed by atoms with van der Waals surface area (Å²) in [6, 6.07) is 2.76. The number of carbonyl (C=O) groups is 1. The van der Waals surface area contributed by atoms with Crippen LogP contribution in [-0.2, 0) is 6.54 Å². The van der Waals surface area contributed by atoms with E-state index in [0.717, 1.165) is 5.56 Å². The Hall–Kier alpha value is -1.30. The molecular weight excluding hydrogens is 229 g/mol. The molecule has 1 aromatic heterocycles. The van der Waals surface area contributed by atoms with Gasteiger partial charge in [0, 0.05) is 25.5 Å². The summed E-state index contributed by atoms with van der Waals surface area (Å²) < 4.78 is 15.2. The maximum Gasteiger partial charge on any atom is 0.327 e. The maximum atomic E-state index is 12.6. The van der Waals surface area contributed by atoms with Crippen LogP contribution in [0.25, 0.3) is 0 Å². The Labute approximate surface area is 98.4 Å². The van der Waals surface area contributed by atoms with Crippen LogP contribution in [0.5, 0.6) is 0 Å². The molecule has 88 valence electrons. The molecule has 0 fully saturated rings. The van der Waals surface area contributed by atoms with Gasteiger partial charge in [-0.1, -0.05) is 18.0 Å². The van der Waals surface area contributed by atoms with Crippen molar-refractivity contribution in [1.82, 2.24) is 14.6 Å². The molecule has 0 radical (unpaired) electrons. The van der Waals surface area contributed by atoms with Gasteiger partial charge in [0.25, 0.3) is 0 Å². The molecule has 0 aromatic carbocycles. The first kappa shape index (κ1) is 12.8. The molecule has 1 rings (SSSR count). The summed E-state index contributed by atoms with van der Waals surface area (Å²) in [6.45, 7) is 2.90. The van der Waals surface area contributed by atoms with Crippen LogP contribution in [0.1, 0.15) is 12.5 Å². The quantitative estimate of drug-likeness (QED) is 0.650. The van der Waals surface area contributed by atoms with E-state index in [9.17, 15) is 9.18 Å². The summed E-state index contributed by atoms with van der Waals surface area (Å²) in [7, 11) is 0. The van der Waals surface area contributed by atoms with Crippen molar-refractivity contribution in [3.63, 3.8) is 0 Å². The molecule has 1 aromatic rings. The predicted molar refractivity (Wildman–Crippen MR) is 62.3 cm³/mol. The number of hydrogen-bond donors (Lipinski definition) is 1. The highest BCUT2D eigenvalue weighted by atomic mass is 32.2. The summed E-state index contributed by atoms with van der Waals surface area (Å²) in [5, 5.41) is 0. The van der Waals surface area contributed by atoms with Gasteiger partial charge in [-0.25, -0.2) is 9.78 Å². The van der Waals surface area contributed by atoms with Crippen molar-refractivity contribution in [3.05, 3.63) is 29.8 Å². The van der Waals surface area contributed by atoms with E-state index >= 15 is 0 Å². The molecule has 6 heteroatoms. The highest BCUT2D eigenvalue weighted by Crippen LogP contribution is 2.05. The molecule has 2 amide bonds. The van der Waals surface area contributed by atoms with Gasteiger partial charge in [0.15, 0.2) is 0 Å². The van der Waals surface area contributed by atoms with Crippen molar-refractivity contribution in [3.8, 4) is 0 Å². The molecule has 0 unspecified atom stereocenters. The number of hydrogen-bond acceptors (Lipinski definition) is 3. The van der Waals surface area contributed by atoms with Crippen LogP contribution in [0.2, 0.25) is 0 Å². The van der Waals surface area contributed by atoms with Crippen LogP contribution in [0.3, 0.4) is 0 Å². The Morgan fingerprint density at radius 1 is 1.62 bits per heavy atom. The number of halogens is 1. The van der Waals surface area contributed by atoms with E-state index in [1.165, 1.54) is 24.2 Å². The van der Waals surface area contributed by atoms with Crippen molar-refractivity contribution < 1.29 is 9.18 Å². The number of urea groups is 1. The van der Waals surface area contributed by atoms with Crippen LogP contribution < -0.4 is 4.72 Å². The lowest BCUT2D eigenvalue weighted by atomic mass is 10.2.